The quantitative estimate of drug-likeness (QED) is 0.784. The van der Waals surface area contributed by atoms with Gasteiger partial charge < -0.3 is 14.4 Å². The Morgan fingerprint density at radius 1 is 1.42 bits per heavy atom. The van der Waals surface area contributed by atoms with E-state index in [0.717, 1.165) is 11.1 Å². The van der Waals surface area contributed by atoms with Crippen LogP contribution in [0.15, 0.2) is 29.5 Å². The van der Waals surface area contributed by atoms with Crippen LogP contribution in [0.3, 0.4) is 0 Å². The van der Waals surface area contributed by atoms with Gasteiger partial charge in [-0.1, -0.05) is 37.6 Å². The molecular formula is C18H20ClNO4. The van der Waals surface area contributed by atoms with Crippen molar-refractivity contribution >= 4 is 23.5 Å². The Morgan fingerprint density at radius 2 is 2.17 bits per heavy atom. The van der Waals surface area contributed by atoms with Gasteiger partial charge in [-0.2, -0.15) is 0 Å². The first-order chi connectivity index (χ1) is 11.4. The van der Waals surface area contributed by atoms with E-state index in [4.69, 9.17) is 21.1 Å². The molecule has 1 amide bonds. The maximum Gasteiger partial charge on any atom is 0.328 e. The summed E-state index contributed by atoms with van der Waals surface area (Å²) >= 11 is 6.17. The lowest BCUT2D eigenvalue weighted by molar-refractivity contribution is -0.151. The number of fused-ring (bicyclic) bond motifs is 1. The summed E-state index contributed by atoms with van der Waals surface area (Å²) in [5.41, 5.74) is 1.84. The fourth-order valence-electron chi connectivity index (χ4n) is 3.21. The molecular weight excluding hydrogens is 330 g/mol. The number of benzene rings is 1. The van der Waals surface area contributed by atoms with E-state index in [1.54, 1.807) is 11.0 Å². The maximum absolute atomic E-state index is 12.8. The molecule has 0 aromatic heterocycles. The first kappa shape index (κ1) is 16.8. The van der Waals surface area contributed by atoms with Crippen LogP contribution in [-0.4, -0.2) is 36.5 Å². The zero-order chi connectivity index (χ0) is 17.4. The summed E-state index contributed by atoms with van der Waals surface area (Å²) in [6.45, 7) is 4.40. The molecule has 6 heteroatoms. The molecule has 1 aromatic rings. The van der Waals surface area contributed by atoms with E-state index in [1.807, 2.05) is 26.0 Å². The molecule has 0 fully saturated rings. The maximum atomic E-state index is 12.8. The second kappa shape index (κ2) is 6.48. The van der Waals surface area contributed by atoms with Crippen LogP contribution in [0, 0.1) is 5.92 Å². The minimum absolute atomic E-state index is 0.257. The highest BCUT2D eigenvalue weighted by Crippen LogP contribution is 2.39. The molecule has 2 heterocycles. The minimum Gasteiger partial charge on any atom is -0.467 e. The number of carbonyl (C=O) groups excluding carboxylic acids is 2. The number of methoxy groups -OCH3 is 1. The van der Waals surface area contributed by atoms with Crippen LogP contribution in [0.25, 0.3) is 0 Å². The van der Waals surface area contributed by atoms with Crippen molar-refractivity contribution in [1.82, 2.24) is 4.90 Å². The lowest BCUT2D eigenvalue weighted by atomic mass is 10.0. The Bertz CT molecular complexity index is 726. The normalized spacial score (nSPS) is 17.5. The van der Waals surface area contributed by atoms with E-state index in [1.165, 1.54) is 7.11 Å². The topological polar surface area (TPSA) is 55.8 Å². The molecule has 0 N–H and O–H groups in total. The minimum atomic E-state index is -0.602. The monoisotopic (exact) mass is 349 g/mol. The molecule has 1 atom stereocenters. The molecule has 0 aliphatic carbocycles. The standard InChI is InChI=1S/C18H20ClNO4/c1-10(2)7-14(18(22)23-3)20-9-12-8-11-5-4-6-13(19)15(11)24-16(12)17(20)21/h4-6,10,14H,7-9H2,1-3H3. The molecule has 0 bridgehead atoms. The number of ether oxygens (including phenoxy) is 2. The van der Waals surface area contributed by atoms with Gasteiger partial charge in [-0.25, -0.2) is 4.79 Å². The van der Waals surface area contributed by atoms with Gasteiger partial charge in [0.2, 0.25) is 0 Å². The highest BCUT2D eigenvalue weighted by Gasteiger charge is 2.42. The van der Waals surface area contributed by atoms with Crippen molar-refractivity contribution in [3.8, 4) is 5.75 Å². The third-order valence-corrected chi connectivity index (χ3v) is 4.64. The van der Waals surface area contributed by atoms with Crippen molar-refractivity contribution in [2.24, 2.45) is 5.92 Å². The van der Waals surface area contributed by atoms with Gasteiger partial charge in [0, 0.05) is 24.1 Å². The zero-order valence-corrected chi connectivity index (χ0v) is 14.7. The van der Waals surface area contributed by atoms with Crippen LogP contribution >= 0.6 is 11.6 Å². The van der Waals surface area contributed by atoms with E-state index < -0.39 is 12.0 Å². The molecule has 0 saturated carbocycles. The third-order valence-electron chi connectivity index (χ3n) is 4.34. The van der Waals surface area contributed by atoms with Crippen LogP contribution in [0.1, 0.15) is 25.8 Å². The van der Waals surface area contributed by atoms with E-state index in [9.17, 15) is 9.59 Å². The summed E-state index contributed by atoms with van der Waals surface area (Å²) in [5.74, 6) is 0.422. The molecule has 128 valence electrons. The van der Waals surface area contributed by atoms with Crippen molar-refractivity contribution < 1.29 is 19.1 Å². The molecule has 1 unspecified atom stereocenters. The van der Waals surface area contributed by atoms with Crippen molar-refractivity contribution in [3.63, 3.8) is 0 Å². The van der Waals surface area contributed by atoms with Crippen molar-refractivity contribution in [2.75, 3.05) is 13.7 Å². The highest BCUT2D eigenvalue weighted by atomic mass is 35.5. The Hall–Kier alpha value is -2.01. The number of para-hydroxylation sites is 1. The summed E-state index contributed by atoms with van der Waals surface area (Å²) < 4.78 is 10.7. The van der Waals surface area contributed by atoms with E-state index in [0.29, 0.717) is 35.9 Å². The average molecular weight is 350 g/mol. The molecule has 2 aliphatic rings. The lowest BCUT2D eigenvalue weighted by Crippen LogP contribution is -2.44. The van der Waals surface area contributed by atoms with Crippen molar-refractivity contribution in [3.05, 3.63) is 40.1 Å². The summed E-state index contributed by atoms with van der Waals surface area (Å²) in [7, 11) is 1.34. The number of hydrogen-bond acceptors (Lipinski definition) is 4. The molecule has 24 heavy (non-hydrogen) atoms. The molecule has 2 aliphatic heterocycles. The van der Waals surface area contributed by atoms with E-state index in [-0.39, 0.29) is 11.8 Å². The number of hydrogen-bond donors (Lipinski definition) is 0. The predicted molar refractivity (Wildman–Crippen MR) is 89.8 cm³/mol. The molecule has 0 radical (unpaired) electrons. The predicted octanol–water partition coefficient (Wildman–Crippen LogP) is 2.96. The first-order valence-electron chi connectivity index (χ1n) is 7.98. The van der Waals surface area contributed by atoms with Gasteiger partial charge in [-0.05, 0) is 18.4 Å². The number of esters is 1. The van der Waals surface area contributed by atoms with Crippen LogP contribution in [-0.2, 0) is 20.7 Å². The Balaban J connectivity index is 1.87. The van der Waals surface area contributed by atoms with Crippen LogP contribution < -0.4 is 4.74 Å². The molecule has 5 nitrogen and oxygen atoms in total. The SMILES string of the molecule is COC(=O)C(CC(C)C)N1CC2=C(Oc3c(Cl)cccc3C2)C1=O. The number of nitrogens with zero attached hydrogens (tertiary/aromatic N) is 1. The summed E-state index contributed by atoms with van der Waals surface area (Å²) in [5, 5.41) is 0.483. The van der Waals surface area contributed by atoms with E-state index >= 15 is 0 Å². The van der Waals surface area contributed by atoms with Gasteiger partial charge in [0.25, 0.3) is 5.91 Å². The number of amides is 1. The summed E-state index contributed by atoms with van der Waals surface area (Å²) in [4.78, 5) is 26.5. The van der Waals surface area contributed by atoms with Crippen molar-refractivity contribution in [1.29, 1.82) is 0 Å². The second-order valence-electron chi connectivity index (χ2n) is 6.54. The van der Waals surface area contributed by atoms with Gasteiger partial charge in [0.15, 0.2) is 5.76 Å². The molecule has 1 aromatic carbocycles. The van der Waals surface area contributed by atoms with Gasteiger partial charge in [0.1, 0.15) is 11.8 Å². The molecule has 0 spiro atoms. The second-order valence-corrected chi connectivity index (χ2v) is 6.95. The largest absolute Gasteiger partial charge is 0.467 e. The highest BCUT2D eigenvalue weighted by molar-refractivity contribution is 6.32. The lowest BCUT2D eigenvalue weighted by Gasteiger charge is -2.27. The van der Waals surface area contributed by atoms with Crippen LogP contribution in [0.5, 0.6) is 5.75 Å². The molecule has 3 rings (SSSR count). The third kappa shape index (κ3) is 2.88. The Kier molecular flexibility index (Phi) is 4.54. The zero-order valence-electron chi connectivity index (χ0n) is 14.0. The fraction of sp³-hybridized carbons (Fsp3) is 0.444. The number of carbonyl (C=O) groups is 2. The van der Waals surface area contributed by atoms with Gasteiger partial charge >= 0.3 is 5.97 Å². The average Bonchev–Trinajstić information content (AvgIpc) is 2.86. The number of rotatable bonds is 4. The summed E-state index contributed by atoms with van der Waals surface area (Å²) in [6, 6.07) is 4.93. The summed E-state index contributed by atoms with van der Waals surface area (Å²) in [6.07, 6.45) is 1.15. The number of halogens is 1. The Morgan fingerprint density at radius 3 is 2.83 bits per heavy atom. The van der Waals surface area contributed by atoms with Crippen molar-refractivity contribution in [2.45, 2.75) is 32.7 Å². The Labute approximate surface area is 146 Å². The van der Waals surface area contributed by atoms with E-state index in [2.05, 4.69) is 0 Å². The van der Waals surface area contributed by atoms with Crippen LogP contribution in [0.2, 0.25) is 5.02 Å². The fourth-order valence-corrected chi connectivity index (χ4v) is 3.44. The van der Waals surface area contributed by atoms with Gasteiger partial charge in [-0.3, -0.25) is 4.79 Å². The van der Waals surface area contributed by atoms with Crippen LogP contribution in [0.4, 0.5) is 0 Å². The van der Waals surface area contributed by atoms with Gasteiger partial charge in [-0.15, -0.1) is 0 Å². The smallest absolute Gasteiger partial charge is 0.328 e. The van der Waals surface area contributed by atoms with Gasteiger partial charge in [0.05, 0.1) is 12.1 Å². The first-order valence-corrected chi connectivity index (χ1v) is 8.36. The molecule has 0 saturated heterocycles.